The minimum Gasteiger partial charge on any atom is -0.385 e. The first-order valence-corrected chi connectivity index (χ1v) is 18.1. The van der Waals surface area contributed by atoms with Crippen molar-refractivity contribution in [3.05, 3.63) is 52.6 Å². The molecule has 14 heteroatoms. The summed E-state index contributed by atoms with van der Waals surface area (Å²) >= 11 is 0. The molecule has 2 aromatic carbocycles. The van der Waals surface area contributed by atoms with Crippen molar-refractivity contribution >= 4 is 44.8 Å². The van der Waals surface area contributed by atoms with Gasteiger partial charge in [-0.05, 0) is 55.0 Å². The number of aliphatic hydroxyl groups excluding tert-OH is 1. The van der Waals surface area contributed by atoms with Crippen molar-refractivity contribution in [3.8, 4) is 0 Å². The normalized spacial score (nSPS) is 25.8. The van der Waals surface area contributed by atoms with Crippen molar-refractivity contribution in [2.24, 2.45) is 5.92 Å². The number of imide groups is 2. The number of aliphatic hydroxyl groups is 1. The van der Waals surface area contributed by atoms with Gasteiger partial charge in [-0.3, -0.25) is 34.3 Å². The van der Waals surface area contributed by atoms with Crippen LogP contribution in [0.25, 0.3) is 0 Å². The minimum atomic E-state index is -3.61. The molecule has 4 aliphatic heterocycles. The van der Waals surface area contributed by atoms with Crippen LogP contribution >= 0.6 is 0 Å². The van der Waals surface area contributed by atoms with Crippen LogP contribution in [0.3, 0.4) is 0 Å². The first kappa shape index (κ1) is 31.7. The molecule has 0 saturated carbocycles. The zero-order chi connectivity index (χ0) is 33.2. The Labute approximate surface area is 272 Å². The van der Waals surface area contributed by atoms with Gasteiger partial charge in [0.15, 0.2) is 9.84 Å². The van der Waals surface area contributed by atoms with E-state index in [4.69, 9.17) is 0 Å². The highest BCUT2D eigenvalue weighted by atomic mass is 32.2. The Bertz CT molecular complexity index is 1770. The zero-order valence-corrected chi connectivity index (χ0v) is 27.0. The smallest absolute Gasteiger partial charge is 0.264 e. The van der Waals surface area contributed by atoms with Crippen molar-refractivity contribution < 1.29 is 37.1 Å². The maximum atomic E-state index is 14.6. The summed E-state index contributed by atoms with van der Waals surface area (Å²) in [6.45, 7) is 5.29. The third kappa shape index (κ3) is 5.59. The number of carbonyl (C=O) groups excluding carboxylic acids is 4. The monoisotopic (exact) mass is 667 g/mol. The van der Waals surface area contributed by atoms with Gasteiger partial charge in [-0.2, -0.15) is 0 Å². The van der Waals surface area contributed by atoms with Gasteiger partial charge in [-0.15, -0.1) is 0 Å². The summed E-state index contributed by atoms with van der Waals surface area (Å²) in [5.41, 5.74) is 2.87. The second-order valence-electron chi connectivity index (χ2n) is 13.3. The summed E-state index contributed by atoms with van der Waals surface area (Å²) in [5.74, 6) is -1.60. The fourth-order valence-corrected chi connectivity index (χ4v) is 8.89. The van der Waals surface area contributed by atoms with Crippen LogP contribution in [0.4, 0.5) is 15.8 Å². The molecule has 2 aromatic rings. The maximum Gasteiger partial charge on any atom is 0.264 e. The molecule has 0 spiro atoms. The largest absolute Gasteiger partial charge is 0.385 e. The van der Waals surface area contributed by atoms with Gasteiger partial charge in [-0.25, -0.2) is 12.8 Å². The lowest BCUT2D eigenvalue weighted by atomic mass is 9.94. The molecule has 2 unspecified atom stereocenters. The molecule has 2 N–H and O–H groups in total. The van der Waals surface area contributed by atoms with Crippen LogP contribution in [0.1, 0.15) is 63.6 Å². The van der Waals surface area contributed by atoms with Crippen LogP contribution in [0.2, 0.25) is 0 Å². The summed E-state index contributed by atoms with van der Waals surface area (Å²) in [4.78, 5) is 58.6. The van der Waals surface area contributed by atoms with Crippen molar-refractivity contribution in [3.63, 3.8) is 0 Å². The summed E-state index contributed by atoms with van der Waals surface area (Å²) in [6, 6.07) is 7.45. The van der Waals surface area contributed by atoms with Crippen molar-refractivity contribution in [2.75, 3.05) is 61.9 Å². The lowest BCUT2D eigenvalue weighted by Crippen LogP contribution is -2.54. The highest BCUT2D eigenvalue weighted by Crippen LogP contribution is 2.43. The molecular weight excluding hydrogens is 629 g/mol. The summed E-state index contributed by atoms with van der Waals surface area (Å²) in [6.07, 6.45) is 0.138. The number of halogens is 1. The highest BCUT2D eigenvalue weighted by Gasteiger charge is 2.46. The van der Waals surface area contributed by atoms with E-state index in [1.54, 1.807) is 18.2 Å². The van der Waals surface area contributed by atoms with E-state index < -0.39 is 51.8 Å². The SMILES string of the molecule is CS(=O)(=O)c1ccc(N2CCC(CN3CCN(c4cccc5c4C(=O)N(C4CCC(=O)NC4=O)C5=O)CC3)CC2)c2c1[C@H](O)C(F)C2. The van der Waals surface area contributed by atoms with E-state index in [1.807, 2.05) is 6.07 Å². The molecule has 47 heavy (non-hydrogen) atoms. The maximum absolute atomic E-state index is 14.6. The van der Waals surface area contributed by atoms with Gasteiger partial charge < -0.3 is 14.9 Å². The van der Waals surface area contributed by atoms with Crippen LogP contribution in [0.5, 0.6) is 0 Å². The van der Waals surface area contributed by atoms with E-state index in [0.717, 1.165) is 62.4 Å². The quantitative estimate of drug-likeness (QED) is 0.434. The Balaban J connectivity index is 0.968. The van der Waals surface area contributed by atoms with Crippen molar-refractivity contribution in [1.82, 2.24) is 15.1 Å². The molecule has 4 heterocycles. The van der Waals surface area contributed by atoms with Crippen LogP contribution < -0.4 is 15.1 Å². The topological polar surface area (TPSA) is 148 Å². The van der Waals surface area contributed by atoms with Gasteiger partial charge in [0.05, 0.1) is 21.7 Å². The van der Waals surface area contributed by atoms with E-state index in [9.17, 15) is 37.1 Å². The minimum absolute atomic E-state index is 0.000918. The number of rotatable bonds is 6. The first-order chi connectivity index (χ1) is 22.4. The van der Waals surface area contributed by atoms with Gasteiger partial charge in [0.1, 0.15) is 18.3 Å². The number of carbonyl (C=O) groups is 4. The number of alkyl halides is 1. The molecule has 4 amide bonds. The molecule has 3 atom stereocenters. The number of fused-ring (bicyclic) bond motifs is 2. The second-order valence-corrected chi connectivity index (χ2v) is 15.3. The first-order valence-electron chi connectivity index (χ1n) is 16.2. The number of nitrogens with one attached hydrogen (secondary N) is 1. The number of anilines is 2. The zero-order valence-electron chi connectivity index (χ0n) is 26.2. The summed E-state index contributed by atoms with van der Waals surface area (Å²) < 4.78 is 39.2. The average molecular weight is 668 g/mol. The molecule has 0 bridgehead atoms. The number of benzene rings is 2. The van der Waals surface area contributed by atoms with Gasteiger partial charge >= 0.3 is 0 Å². The number of sulfone groups is 1. The predicted molar refractivity (Wildman–Crippen MR) is 170 cm³/mol. The molecule has 5 aliphatic rings. The molecule has 7 rings (SSSR count). The number of hydrogen-bond donors (Lipinski definition) is 2. The Morgan fingerprint density at radius 3 is 2.28 bits per heavy atom. The fraction of sp³-hybridized carbons (Fsp3) is 0.515. The number of hydrogen-bond acceptors (Lipinski definition) is 10. The lowest BCUT2D eigenvalue weighted by Gasteiger charge is -2.40. The van der Waals surface area contributed by atoms with Gasteiger partial charge in [0.2, 0.25) is 11.8 Å². The number of nitrogens with zero attached hydrogens (tertiary/aromatic N) is 4. The number of piperidine rings is 2. The molecule has 3 fully saturated rings. The standard InChI is InChI=1S/C33H38FN5O7S/c1-47(45,46)26-7-5-23(21-17-22(34)30(41)29(21)26)37-11-9-19(10-12-37)18-36-13-15-38(16-14-36)24-4-2-3-20-28(24)33(44)39(32(20)43)25-6-8-27(40)35-31(25)42/h2-5,7,19,22,25,30,41H,6,8-18H2,1H3,(H,35,40,42)/t22?,25?,30-/m1/s1. The van der Waals surface area contributed by atoms with E-state index in [0.29, 0.717) is 35.8 Å². The average Bonchev–Trinajstić information content (AvgIpc) is 3.48. The summed E-state index contributed by atoms with van der Waals surface area (Å²) in [5, 5.41) is 12.7. The predicted octanol–water partition coefficient (Wildman–Crippen LogP) is 1.46. The van der Waals surface area contributed by atoms with Crippen molar-refractivity contribution in [1.29, 1.82) is 0 Å². The fourth-order valence-electron chi connectivity index (χ4n) is 7.93. The van der Waals surface area contributed by atoms with Crippen LogP contribution in [-0.2, 0) is 25.8 Å². The van der Waals surface area contributed by atoms with E-state index in [2.05, 4.69) is 20.0 Å². The Morgan fingerprint density at radius 1 is 0.894 bits per heavy atom. The van der Waals surface area contributed by atoms with E-state index in [-0.39, 0.29) is 35.3 Å². The Morgan fingerprint density at radius 2 is 1.60 bits per heavy atom. The molecule has 1 aliphatic carbocycles. The van der Waals surface area contributed by atoms with E-state index >= 15 is 0 Å². The molecule has 0 radical (unpaired) electrons. The van der Waals surface area contributed by atoms with Crippen LogP contribution in [-0.4, -0.2) is 111 Å². The second kappa shape index (κ2) is 12.0. The van der Waals surface area contributed by atoms with Gasteiger partial charge in [0.25, 0.3) is 11.8 Å². The number of piperazine rings is 1. The molecule has 3 saturated heterocycles. The van der Waals surface area contributed by atoms with Gasteiger partial charge in [0, 0.05) is 76.2 Å². The third-order valence-electron chi connectivity index (χ3n) is 10.4. The number of amides is 4. The molecular formula is C33H38FN5O7S. The summed E-state index contributed by atoms with van der Waals surface area (Å²) in [7, 11) is -3.61. The van der Waals surface area contributed by atoms with Crippen LogP contribution in [0, 0.1) is 5.92 Å². The molecule has 12 nitrogen and oxygen atoms in total. The van der Waals surface area contributed by atoms with E-state index in [1.165, 1.54) is 6.07 Å². The highest BCUT2D eigenvalue weighted by molar-refractivity contribution is 7.90. The van der Waals surface area contributed by atoms with Crippen molar-refractivity contribution in [2.45, 2.75) is 55.3 Å². The lowest BCUT2D eigenvalue weighted by molar-refractivity contribution is -0.136. The molecule has 0 aromatic heterocycles. The van der Waals surface area contributed by atoms with Crippen LogP contribution in [0.15, 0.2) is 35.2 Å². The third-order valence-corrected chi connectivity index (χ3v) is 11.5. The molecule has 250 valence electrons. The van der Waals surface area contributed by atoms with Gasteiger partial charge in [-0.1, -0.05) is 6.07 Å². The Hall–Kier alpha value is -3.88. The Kier molecular flexibility index (Phi) is 8.08.